The van der Waals surface area contributed by atoms with Crippen LogP contribution in [0.2, 0.25) is 0 Å². The van der Waals surface area contributed by atoms with Crippen molar-refractivity contribution in [1.29, 1.82) is 0 Å². The zero-order valence-electron chi connectivity index (χ0n) is 33.3. The van der Waals surface area contributed by atoms with Crippen LogP contribution in [0.3, 0.4) is 0 Å². The van der Waals surface area contributed by atoms with Gasteiger partial charge in [-0.1, -0.05) is 174 Å². The molecule has 9 nitrogen and oxygen atoms in total. The van der Waals surface area contributed by atoms with Gasteiger partial charge in [-0.05, 0) is 25.7 Å². The molecule has 304 valence electrons. The molecule has 0 spiro atoms. The number of unbranched alkanes of at least 4 members (excludes halogenated alkanes) is 24. The van der Waals surface area contributed by atoms with Gasteiger partial charge in [-0.15, -0.1) is 0 Å². The number of ether oxygens (including phenoxy) is 3. The Bertz CT molecular complexity index is 819. The van der Waals surface area contributed by atoms with Gasteiger partial charge in [0, 0.05) is 19.6 Å². The Morgan fingerprint density at radius 1 is 0.608 bits per heavy atom. The molecule has 0 bridgehead atoms. The van der Waals surface area contributed by atoms with Crippen molar-refractivity contribution in [2.75, 3.05) is 33.0 Å². The van der Waals surface area contributed by atoms with Gasteiger partial charge in [-0.3, -0.25) is 13.8 Å². The molecule has 0 radical (unpaired) electrons. The second kappa shape index (κ2) is 35.2. The van der Waals surface area contributed by atoms with Gasteiger partial charge in [0.1, 0.15) is 6.10 Å². The average molecular weight is 748 g/mol. The van der Waals surface area contributed by atoms with E-state index in [2.05, 4.69) is 13.8 Å². The number of nitrogens with two attached hydrogens (primary N) is 1. The van der Waals surface area contributed by atoms with Gasteiger partial charge < -0.3 is 24.8 Å². The van der Waals surface area contributed by atoms with Gasteiger partial charge in [-0.2, -0.15) is 0 Å². The van der Waals surface area contributed by atoms with Crippen LogP contribution in [0.15, 0.2) is 0 Å². The van der Waals surface area contributed by atoms with E-state index in [-0.39, 0.29) is 32.3 Å². The van der Waals surface area contributed by atoms with Gasteiger partial charge in [0.25, 0.3) is 0 Å². The fourth-order valence-corrected chi connectivity index (χ4v) is 7.43. The molecule has 0 aromatic rings. The van der Waals surface area contributed by atoms with Crippen molar-refractivity contribution in [3.05, 3.63) is 0 Å². The fourth-order valence-electron chi connectivity index (χ4n) is 6.67. The standard InChI is InChI=1S/C41H82NO8P/c1-3-5-7-9-10-11-12-13-14-15-16-17-18-22-25-29-34-46-36-38(37-48-51(44,45)47-35-33-42)49-41(43)32-28-24-21-19-20-23-27-31-40-39(50-40)30-26-8-6-4-2/h38-40H,3-37,42H2,1-2H3,(H,44,45). The van der Waals surface area contributed by atoms with E-state index < -0.39 is 13.9 Å². The van der Waals surface area contributed by atoms with Crippen molar-refractivity contribution in [2.24, 2.45) is 5.73 Å². The number of epoxide rings is 1. The number of phosphoric acid groups is 1. The number of rotatable bonds is 41. The smallest absolute Gasteiger partial charge is 0.457 e. The van der Waals surface area contributed by atoms with Gasteiger partial charge in [0.2, 0.25) is 0 Å². The van der Waals surface area contributed by atoms with Crippen LogP contribution < -0.4 is 5.73 Å². The molecule has 1 saturated heterocycles. The topological polar surface area (TPSA) is 130 Å². The van der Waals surface area contributed by atoms with Crippen LogP contribution >= 0.6 is 7.82 Å². The third kappa shape index (κ3) is 32.6. The first-order valence-electron chi connectivity index (χ1n) is 21.7. The Morgan fingerprint density at radius 2 is 1.04 bits per heavy atom. The van der Waals surface area contributed by atoms with Crippen LogP contribution in [0.1, 0.15) is 206 Å². The maximum atomic E-state index is 12.6. The average Bonchev–Trinajstić information content (AvgIpc) is 3.88. The van der Waals surface area contributed by atoms with Crippen LogP contribution in [0.4, 0.5) is 0 Å². The van der Waals surface area contributed by atoms with E-state index in [0.29, 0.717) is 25.2 Å². The van der Waals surface area contributed by atoms with Gasteiger partial charge in [0.05, 0.1) is 32.0 Å². The minimum absolute atomic E-state index is 0.0947. The molecule has 4 unspecified atom stereocenters. The van der Waals surface area contributed by atoms with Gasteiger partial charge in [-0.25, -0.2) is 4.57 Å². The molecule has 4 atom stereocenters. The first-order chi connectivity index (χ1) is 24.9. The largest absolute Gasteiger partial charge is 0.472 e. The van der Waals surface area contributed by atoms with E-state index in [1.54, 1.807) is 0 Å². The SMILES string of the molecule is CCCCCCCCCCCCCCCCCCOCC(COP(=O)(O)OCCN)OC(=O)CCCCCCCCCC1OC1CCCCCC. The molecular weight excluding hydrogens is 665 g/mol. The Labute approximate surface area is 314 Å². The first-order valence-corrected chi connectivity index (χ1v) is 23.2. The number of esters is 1. The number of carbonyl (C=O) groups is 1. The summed E-state index contributed by atoms with van der Waals surface area (Å²) in [6.45, 7) is 4.93. The third-order valence-corrected chi connectivity index (χ3v) is 10.9. The number of hydrogen-bond acceptors (Lipinski definition) is 8. The predicted octanol–water partition coefficient (Wildman–Crippen LogP) is 11.5. The van der Waals surface area contributed by atoms with Gasteiger partial charge in [0.15, 0.2) is 0 Å². The zero-order chi connectivity index (χ0) is 37.1. The van der Waals surface area contributed by atoms with Crippen molar-refractivity contribution in [2.45, 2.75) is 225 Å². The summed E-state index contributed by atoms with van der Waals surface area (Å²) in [5.74, 6) is -0.334. The molecule has 0 aliphatic carbocycles. The van der Waals surface area contributed by atoms with E-state index >= 15 is 0 Å². The monoisotopic (exact) mass is 748 g/mol. The van der Waals surface area contributed by atoms with Crippen molar-refractivity contribution >= 4 is 13.8 Å². The molecule has 0 aromatic heterocycles. The second-order valence-electron chi connectivity index (χ2n) is 15.0. The first kappa shape index (κ1) is 48.5. The van der Waals surface area contributed by atoms with Crippen LogP contribution in [0.25, 0.3) is 0 Å². The summed E-state index contributed by atoms with van der Waals surface area (Å²) in [5, 5.41) is 0. The van der Waals surface area contributed by atoms with E-state index in [0.717, 1.165) is 32.1 Å². The van der Waals surface area contributed by atoms with Crippen molar-refractivity contribution in [3.8, 4) is 0 Å². The van der Waals surface area contributed by atoms with E-state index in [9.17, 15) is 14.3 Å². The van der Waals surface area contributed by atoms with Gasteiger partial charge >= 0.3 is 13.8 Å². The lowest BCUT2D eigenvalue weighted by atomic mass is 10.0. The van der Waals surface area contributed by atoms with Crippen LogP contribution in [-0.4, -0.2) is 62.1 Å². The van der Waals surface area contributed by atoms with Crippen LogP contribution in [0, 0.1) is 0 Å². The summed E-state index contributed by atoms with van der Waals surface area (Å²) in [6, 6.07) is 0. The number of phosphoric ester groups is 1. The number of hydrogen-bond donors (Lipinski definition) is 2. The lowest BCUT2D eigenvalue weighted by Crippen LogP contribution is -2.28. The maximum absolute atomic E-state index is 12.6. The molecule has 1 aliphatic heterocycles. The van der Waals surface area contributed by atoms with Crippen molar-refractivity contribution < 1.29 is 37.5 Å². The Balaban J connectivity index is 2.09. The highest BCUT2D eigenvalue weighted by Gasteiger charge is 2.36. The zero-order valence-corrected chi connectivity index (χ0v) is 34.2. The molecule has 10 heteroatoms. The minimum Gasteiger partial charge on any atom is -0.457 e. The molecule has 0 amide bonds. The highest BCUT2D eigenvalue weighted by Crippen LogP contribution is 2.43. The quantitative estimate of drug-likeness (QED) is 0.0271. The molecule has 1 rings (SSSR count). The molecule has 0 saturated carbocycles. The normalized spacial score (nSPS) is 17.4. The Kier molecular flexibility index (Phi) is 33.4. The molecule has 1 fully saturated rings. The summed E-state index contributed by atoms with van der Waals surface area (Å²) in [6.07, 6.45) is 37.0. The molecular formula is C41H82NO8P. The molecule has 3 N–H and O–H groups in total. The maximum Gasteiger partial charge on any atom is 0.472 e. The highest BCUT2D eigenvalue weighted by molar-refractivity contribution is 7.47. The summed E-state index contributed by atoms with van der Waals surface area (Å²) in [7, 11) is -4.27. The minimum atomic E-state index is -4.27. The summed E-state index contributed by atoms with van der Waals surface area (Å²) >= 11 is 0. The van der Waals surface area contributed by atoms with E-state index in [4.69, 9.17) is 29.0 Å². The van der Waals surface area contributed by atoms with Crippen molar-refractivity contribution in [3.63, 3.8) is 0 Å². The van der Waals surface area contributed by atoms with Crippen molar-refractivity contribution in [1.82, 2.24) is 0 Å². The molecule has 1 heterocycles. The van der Waals surface area contributed by atoms with E-state index in [1.807, 2.05) is 0 Å². The lowest BCUT2D eigenvalue weighted by Gasteiger charge is -2.20. The Hall–Kier alpha value is -0.540. The van der Waals surface area contributed by atoms with Crippen LogP contribution in [0.5, 0.6) is 0 Å². The molecule has 1 aliphatic rings. The van der Waals surface area contributed by atoms with E-state index in [1.165, 1.54) is 154 Å². The Morgan fingerprint density at radius 3 is 1.53 bits per heavy atom. The lowest BCUT2D eigenvalue weighted by molar-refractivity contribution is -0.154. The highest BCUT2D eigenvalue weighted by atomic mass is 31.2. The second-order valence-corrected chi connectivity index (χ2v) is 16.4. The fraction of sp³-hybridized carbons (Fsp3) is 0.976. The summed E-state index contributed by atoms with van der Waals surface area (Å²) < 4.78 is 39.3. The predicted molar refractivity (Wildman–Crippen MR) is 210 cm³/mol. The summed E-state index contributed by atoms with van der Waals surface area (Å²) in [5.41, 5.74) is 5.37. The molecule has 0 aromatic carbocycles. The molecule has 51 heavy (non-hydrogen) atoms. The van der Waals surface area contributed by atoms with Crippen LogP contribution in [-0.2, 0) is 32.6 Å². The third-order valence-electron chi connectivity index (χ3n) is 9.94. The summed E-state index contributed by atoms with van der Waals surface area (Å²) in [4.78, 5) is 22.5. The number of carbonyl (C=O) groups excluding carboxylic acids is 1.